The van der Waals surface area contributed by atoms with Crippen LogP contribution in [0.25, 0.3) is 33.2 Å². The zero-order chi connectivity index (χ0) is 45.6. The Bertz CT molecular complexity index is 2630. The van der Waals surface area contributed by atoms with Crippen LogP contribution in [0.15, 0.2) is 170 Å². The van der Waals surface area contributed by atoms with Crippen molar-refractivity contribution in [2.75, 3.05) is 9.80 Å². The number of anilines is 6. The van der Waals surface area contributed by atoms with Crippen molar-refractivity contribution in [1.82, 2.24) is 4.98 Å². The number of fused-ring (bicyclic) bond motifs is 1. The first-order valence-corrected chi connectivity index (χ1v) is 22.8. The van der Waals surface area contributed by atoms with Gasteiger partial charge in [-0.2, -0.15) is 0 Å². The molecule has 7 aromatic carbocycles. The molecule has 0 saturated heterocycles. The van der Waals surface area contributed by atoms with Crippen molar-refractivity contribution in [2.45, 2.75) is 105 Å². The minimum absolute atomic E-state index is 0. The van der Waals surface area contributed by atoms with E-state index in [1.54, 1.807) is 0 Å². The molecule has 1 heterocycles. The normalized spacial score (nSPS) is 12.2. The summed E-state index contributed by atoms with van der Waals surface area (Å²) in [5, 5.41) is 2.27. The van der Waals surface area contributed by atoms with E-state index in [4.69, 9.17) is 4.98 Å². The van der Waals surface area contributed by atoms with Gasteiger partial charge in [-0.1, -0.05) is 156 Å². The predicted molar refractivity (Wildman–Crippen MR) is 276 cm³/mol. The Kier molecular flexibility index (Phi) is 13.2. The van der Waals surface area contributed by atoms with Crippen LogP contribution in [-0.4, -0.2) is 4.98 Å². The maximum atomic E-state index is 4.91. The Morgan fingerprint density at radius 2 is 0.769 bits per heavy atom. The van der Waals surface area contributed by atoms with E-state index < -0.39 is 0 Å². The Balaban J connectivity index is 0.00000630. The minimum atomic E-state index is 0. The molecule has 0 fully saturated rings. The molecule has 0 unspecified atom stereocenters. The van der Waals surface area contributed by atoms with E-state index in [1.165, 1.54) is 22.3 Å². The first kappa shape index (κ1) is 47.2. The van der Waals surface area contributed by atoms with E-state index in [1.807, 2.05) is 12.3 Å². The van der Waals surface area contributed by atoms with Crippen LogP contribution in [0.4, 0.5) is 34.1 Å². The fraction of sp³-hybridized carbons (Fsp3) is 0.262. The SMILES string of the molecule is CC(C)(C)c1ccc(N(c2ccc(C(C)(C)C)cc2)c2cc(-c3cc[c-]c(-c4nccc5ccccc45)c3)cc(N(c3ccc(C(C)(C)C)cc3)c3ccc(C(C)(C)C)cc3)c2)cc1.[Ir]. The number of benzene rings is 7. The number of nitrogens with zero attached hydrogens (tertiary/aromatic N) is 3. The maximum absolute atomic E-state index is 4.91. The number of hydrogen-bond acceptors (Lipinski definition) is 3. The van der Waals surface area contributed by atoms with Crippen LogP contribution in [0.2, 0.25) is 0 Å². The van der Waals surface area contributed by atoms with Gasteiger partial charge in [0.1, 0.15) is 0 Å². The third kappa shape index (κ3) is 10.4. The summed E-state index contributed by atoms with van der Waals surface area (Å²) >= 11 is 0. The molecule has 4 heteroatoms. The monoisotopic (exact) mass is 1030 g/mol. The summed E-state index contributed by atoms with van der Waals surface area (Å²) < 4.78 is 0. The molecule has 8 aromatic rings. The molecule has 333 valence electrons. The van der Waals surface area contributed by atoms with Crippen molar-refractivity contribution in [1.29, 1.82) is 0 Å². The summed E-state index contributed by atoms with van der Waals surface area (Å²) in [7, 11) is 0. The van der Waals surface area contributed by atoms with Crippen molar-refractivity contribution >= 4 is 44.9 Å². The van der Waals surface area contributed by atoms with E-state index in [0.29, 0.717) is 0 Å². The topological polar surface area (TPSA) is 19.4 Å². The fourth-order valence-corrected chi connectivity index (χ4v) is 8.47. The van der Waals surface area contributed by atoms with Crippen LogP contribution >= 0.6 is 0 Å². The number of hydrogen-bond donors (Lipinski definition) is 0. The second-order valence-corrected chi connectivity index (χ2v) is 21.5. The summed E-state index contributed by atoms with van der Waals surface area (Å²) in [4.78, 5) is 9.74. The van der Waals surface area contributed by atoms with E-state index in [2.05, 4.69) is 257 Å². The van der Waals surface area contributed by atoms with Gasteiger partial charge in [0.25, 0.3) is 0 Å². The summed E-state index contributed by atoms with van der Waals surface area (Å²) in [6.45, 7) is 27.3. The van der Waals surface area contributed by atoms with Gasteiger partial charge in [0.2, 0.25) is 0 Å². The first-order chi connectivity index (χ1) is 30.2. The number of aromatic nitrogens is 1. The number of rotatable bonds is 8. The Morgan fingerprint density at radius 1 is 0.385 bits per heavy atom. The van der Waals surface area contributed by atoms with Crippen LogP contribution in [0.1, 0.15) is 105 Å². The molecule has 65 heavy (non-hydrogen) atoms. The molecular weight excluding hydrogens is 967 g/mol. The zero-order valence-corrected chi connectivity index (χ0v) is 42.7. The second-order valence-electron chi connectivity index (χ2n) is 21.5. The molecular formula is C61H64IrN3-. The zero-order valence-electron chi connectivity index (χ0n) is 40.3. The Labute approximate surface area is 403 Å². The Hall–Kier alpha value is -5.80. The van der Waals surface area contributed by atoms with Crippen molar-refractivity contribution in [3.8, 4) is 22.4 Å². The summed E-state index contributed by atoms with van der Waals surface area (Å²) in [6, 6.07) is 64.1. The molecule has 0 spiro atoms. The van der Waals surface area contributed by atoms with E-state index in [9.17, 15) is 0 Å². The average Bonchev–Trinajstić information content (AvgIpc) is 3.26. The van der Waals surface area contributed by atoms with Crippen molar-refractivity contribution < 1.29 is 20.1 Å². The van der Waals surface area contributed by atoms with Gasteiger partial charge in [-0.15, -0.1) is 35.4 Å². The summed E-state index contributed by atoms with van der Waals surface area (Å²) in [5.41, 5.74) is 15.8. The molecule has 0 bridgehead atoms. The molecule has 3 nitrogen and oxygen atoms in total. The predicted octanol–water partition coefficient (Wildman–Crippen LogP) is 17.5. The van der Waals surface area contributed by atoms with Crippen molar-refractivity contribution in [2.24, 2.45) is 0 Å². The van der Waals surface area contributed by atoms with E-state index >= 15 is 0 Å². The largest absolute Gasteiger partial charge is 0.310 e. The molecule has 0 atom stereocenters. The van der Waals surface area contributed by atoms with E-state index in [0.717, 1.165) is 67.3 Å². The van der Waals surface area contributed by atoms with Gasteiger partial charge in [0.15, 0.2) is 0 Å². The van der Waals surface area contributed by atoms with Gasteiger partial charge in [0, 0.05) is 60.4 Å². The van der Waals surface area contributed by atoms with Crippen LogP contribution in [0.3, 0.4) is 0 Å². The molecule has 1 radical (unpaired) electrons. The van der Waals surface area contributed by atoms with Gasteiger partial charge < -0.3 is 14.8 Å². The van der Waals surface area contributed by atoms with Gasteiger partial charge in [-0.05, 0) is 139 Å². The molecule has 0 amide bonds. The van der Waals surface area contributed by atoms with Crippen LogP contribution in [0, 0.1) is 6.07 Å². The quantitative estimate of drug-likeness (QED) is 0.141. The summed E-state index contributed by atoms with van der Waals surface area (Å²) in [5.74, 6) is 0. The minimum Gasteiger partial charge on any atom is -0.310 e. The van der Waals surface area contributed by atoms with Crippen LogP contribution in [0.5, 0.6) is 0 Å². The van der Waals surface area contributed by atoms with Gasteiger partial charge in [0.05, 0.1) is 0 Å². The number of pyridine rings is 1. The van der Waals surface area contributed by atoms with Crippen molar-refractivity contribution in [3.63, 3.8) is 0 Å². The molecule has 0 N–H and O–H groups in total. The second kappa shape index (κ2) is 18.2. The van der Waals surface area contributed by atoms with Crippen LogP contribution in [-0.2, 0) is 41.8 Å². The van der Waals surface area contributed by atoms with Gasteiger partial charge in [-0.25, -0.2) is 0 Å². The molecule has 0 aliphatic rings. The first-order valence-electron chi connectivity index (χ1n) is 22.8. The molecule has 8 rings (SSSR count). The van der Waals surface area contributed by atoms with Crippen molar-refractivity contribution in [3.05, 3.63) is 198 Å². The van der Waals surface area contributed by atoms with E-state index in [-0.39, 0.29) is 41.8 Å². The summed E-state index contributed by atoms with van der Waals surface area (Å²) in [6.07, 6.45) is 1.90. The van der Waals surface area contributed by atoms with Gasteiger partial charge in [-0.3, -0.25) is 0 Å². The molecule has 0 aliphatic heterocycles. The fourth-order valence-electron chi connectivity index (χ4n) is 8.47. The van der Waals surface area contributed by atoms with Gasteiger partial charge >= 0.3 is 0 Å². The standard InChI is InChI=1S/C61H64N3.Ir/c1-58(2,3)46-20-28-50(29-21-46)63(51-30-22-47(23-31-51)59(4,5)6)54-39-45(43-17-15-18-44(38-43)57-56-19-14-13-16-42(56)36-37-62-57)40-55(41-54)64(52-32-24-48(25-33-52)60(7,8)9)53-34-26-49(27-35-53)61(10,11)12;/h13-17,19-41H,1-12H3;/q-1;. The smallest absolute Gasteiger partial charge is 0.0488 e. The third-order valence-electron chi connectivity index (χ3n) is 12.4. The molecule has 0 aliphatic carbocycles. The Morgan fingerprint density at radius 3 is 1.15 bits per heavy atom. The molecule has 0 saturated carbocycles. The molecule has 1 aromatic heterocycles. The van der Waals surface area contributed by atoms with Crippen LogP contribution < -0.4 is 9.80 Å². The average molecular weight is 1030 g/mol. The third-order valence-corrected chi connectivity index (χ3v) is 12.4. The maximum Gasteiger partial charge on any atom is 0.0488 e.